The lowest BCUT2D eigenvalue weighted by molar-refractivity contribution is 0.284. The minimum atomic E-state index is 0.749. The van der Waals surface area contributed by atoms with E-state index in [2.05, 4.69) is 4.99 Å². The second-order valence-corrected chi connectivity index (χ2v) is 3.12. The van der Waals surface area contributed by atoms with Gasteiger partial charge < -0.3 is 9.47 Å². The molecule has 74 valence electrons. The zero-order valence-electron chi connectivity index (χ0n) is 8.19. The van der Waals surface area contributed by atoms with E-state index in [-0.39, 0.29) is 0 Å². The maximum absolute atomic E-state index is 5.45. The van der Waals surface area contributed by atoms with Gasteiger partial charge in [-0.3, -0.25) is 4.99 Å². The summed E-state index contributed by atoms with van der Waals surface area (Å²) in [5.74, 6) is 1.60. The van der Waals surface area contributed by atoms with Crippen LogP contribution in [0, 0.1) is 0 Å². The Morgan fingerprint density at radius 2 is 2.07 bits per heavy atom. The van der Waals surface area contributed by atoms with Gasteiger partial charge in [0.05, 0.1) is 13.7 Å². The van der Waals surface area contributed by atoms with Crippen LogP contribution in [0.15, 0.2) is 29.3 Å². The van der Waals surface area contributed by atoms with E-state index in [1.807, 2.05) is 24.3 Å². The Hall–Kier alpha value is -1.51. The molecule has 0 N–H and O–H groups in total. The van der Waals surface area contributed by atoms with Gasteiger partial charge in [-0.15, -0.1) is 0 Å². The Morgan fingerprint density at radius 3 is 2.64 bits per heavy atom. The van der Waals surface area contributed by atoms with Crippen molar-refractivity contribution >= 4 is 5.90 Å². The molecule has 2 rings (SSSR count). The third-order valence-corrected chi connectivity index (χ3v) is 2.13. The highest BCUT2D eigenvalue weighted by molar-refractivity contribution is 5.94. The normalized spacial score (nSPS) is 15.6. The molecule has 1 aliphatic rings. The number of nitrogens with zero attached hydrogens (tertiary/aromatic N) is 1. The van der Waals surface area contributed by atoms with Crippen LogP contribution in [0.5, 0.6) is 5.75 Å². The fraction of sp³-hybridized carbons (Fsp3) is 0.364. The van der Waals surface area contributed by atoms with Crippen LogP contribution in [0.2, 0.25) is 0 Å². The lowest BCUT2D eigenvalue weighted by atomic mass is 10.2. The molecule has 0 saturated heterocycles. The second kappa shape index (κ2) is 4.13. The Morgan fingerprint density at radius 1 is 1.29 bits per heavy atom. The standard InChI is InChI=1S/C11H13NO2/c1-13-10-5-3-9(4-6-10)11-12-7-2-8-14-11/h3-6H,2,7-8H2,1H3. The Bertz CT molecular complexity index is 330. The molecule has 3 heteroatoms. The van der Waals surface area contributed by atoms with E-state index in [4.69, 9.17) is 9.47 Å². The first-order chi connectivity index (χ1) is 6.90. The number of ether oxygens (including phenoxy) is 2. The van der Waals surface area contributed by atoms with Crippen LogP contribution in [0.4, 0.5) is 0 Å². The molecule has 0 atom stereocenters. The van der Waals surface area contributed by atoms with Crippen molar-refractivity contribution < 1.29 is 9.47 Å². The van der Waals surface area contributed by atoms with E-state index in [9.17, 15) is 0 Å². The van der Waals surface area contributed by atoms with Crippen LogP contribution < -0.4 is 4.74 Å². The molecule has 1 aromatic rings. The molecule has 1 aromatic carbocycles. The maximum atomic E-state index is 5.45. The van der Waals surface area contributed by atoms with Crippen molar-refractivity contribution in [3.8, 4) is 5.75 Å². The van der Waals surface area contributed by atoms with Crippen LogP contribution in [0.3, 0.4) is 0 Å². The van der Waals surface area contributed by atoms with E-state index >= 15 is 0 Å². The number of benzene rings is 1. The Labute approximate surface area is 83.4 Å². The molecule has 1 aliphatic heterocycles. The molecule has 0 unspecified atom stereocenters. The van der Waals surface area contributed by atoms with Crippen molar-refractivity contribution in [2.24, 2.45) is 4.99 Å². The Balaban J connectivity index is 2.19. The maximum Gasteiger partial charge on any atom is 0.216 e. The van der Waals surface area contributed by atoms with E-state index in [1.165, 1.54) is 0 Å². The third-order valence-electron chi connectivity index (χ3n) is 2.13. The molecule has 0 aromatic heterocycles. The SMILES string of the molecule is COc1ccc(C2=NCCCO2)cc1. The molecule has 0 bridgehead atoms. The average Bonchev–Trinajstić information content (AvgIpc) is 2.30. The van der Waals surface area contributed by atoms with Crippen molar-refractivity contribution in [2.75, 3.05) is 20.3 Å². The largest absolute Gasteiger partial charge is 0.497 e. The van der Waals surface area contributed by atoms with Crippen LogP contribution in [-0.2, 0) is 4.74 Å². The summed E-state index contributed by atoms with van der Waals surface area (Å²) in [5.41, 5.74) is 1.02. The molecule has 0 spiro atoms. The van der Waals surface area contributed by atoms with E-state index in [1.54, 1.807) is 7.11 Å². The molecule has 0 radical (unpaired) electrons. The monoisotopic (exact) mass is 191 g/mol. The molecule has 0 saturated carbocycles. The minimum Gasteiger partial charge on any atom is -0.497 e. The molecular formula is C11H13NO2. The average molecular weight is 191 g/mol. The number of methoxy groups -OCH3 is 1. The van der Waals surface area contributed by atoms with E-state index in [0.717, 1.165) is 36.8 Å². The van der Waals surface area contributed by atoms with Crippen LogP contribution in [-0.4, -0.2) is 26.2 Å². The fourth-order valence-electron chi connectivity index (χ4n) is 1.37. The highest BCUT2D eigenvalue weighted by Gasteiger charge is 2.08. The van der Waals surface area contributed by atoms with Gasteiger partial charge in [-0.05, 0) is 24.3 Å². The van der Waals surface area contributed by atoms with Gasteiger partial charge in [0, 0.05) is 18.5 Å². The van der Waals surface area contributed by atoms with Gasteiger partial charge in [0.25, 0.3) is 0 Å². The lowest BCUT2D eigenvalue weighted by Gasteiger charge is -2.13. The van der Waals surface area contributed by atoms with Crippen LogP contribution >= 0.6 is 0 Å². The van der Waals surface area contributed by atoms with Crippen molar-refractivity contribution in [3.05, 3.63) is 29.8 Å². The van der Waals surface area contributed by atoms with Gasteiger partial charge in [-0.1, -0.05) is 0 Å². The first-order valence-electron chi connectivity index (χ1n) is 4.72. The van der Waals surface area contributed by atoms with Gasteiger partial charge in [-0.25, -0.2) is 0 Å². The summed E-state index contributed by atoms with van der Waals surface area (Å²) in [4.78, 5) is 4.31. The molecule has 14 heavy (non-hydrogen) atoms. The van der Waals surface area contributed by atoms with Gasteiger partial charge >= 0.3 is 0 Å². The zero-order valence-corrected chi connectivity index (χ0v) is 8.19. The summed E-state index contributed by atoms with van der Waals surface area (Å²) in [6.07, 6.45) is 1.01. The summed E-state index contributed by atoms with van der Waals surface area (Å²) in [6, 6.07) is 7.75. The zero-order chi connectivity index (χ0) is 9.80. The summed E-state index contributed by atoms with van der Waals surface area (Å²) in [7, 11) is 1.66. The van der Waals surface area contributed by atoms with Crippen molar-refractivity contribution in [2.45, 2.75) is 6.42 Å². The van der Waals surface area contributed by atoms with E-state index in [0.29, 0.717) is 0 Å². The van der Waals surface area contributed by atoms with Crippen LogP contribution in [0.1, 0.15) is 12.0 Å². The van der Waals surface area contributed by atoms with Gasteiger partial charge in [0.1, 0.15) is 5.75 Å². The summed E-state index contributed by atoms with van der Waals surface area (Å²) >= 11 is 0. The van der Waals surface area contributed by atoms with Gasteiger partial charge in [-0.2, -0.15) is 0 Å². The minimum absolute atomic E-state index is 0.749. The summed E-state index contributed by atoms with van der Waals surface area (Å²) in [5, 5.41) is 0. The van der Waals surface area contributed by atoms with Gasteiger partial charge in [0.2, 0.25) is 5.90 Å². The summed E-state index contributed by atoms with van der Waals surface area (Å²) < 4.78 is 10.5. The molecule has 3 nitrogen and oxygen atoms in total. The Kier molecular flexibility index (Phi) is 2.68. The molecule has 0 amide bonds. The fourth-order valence-corrected chi connectivity index (χ4v) is 1.37. The molecule has 0 aliphatic carbocycles. The molecular weight excluding hydrogens is 178 g/mol. The quantitative estimate of drug-likeness (QED) is 0.714. The number of rotatable bonds is 2. The van der Waals surface area contributed by atoms with Crippen molar-refractivity contribution in [3.63, 3.8) is 0 Å². The lowest BCUT2D eigenvalue weighted by Crippen LogP contribution is -2.14. The first-order valence-corrected chi connectivity index (χ1v) is 4.72. The number of hydrogen-bond acceptors (Lipinski definition) is 3. The van der Waals surface area contributed by atoms with Gasteiger partial charge in [0.15, 0.2) is 0 Å². The predicted molar refractivity (Wildman–Crippen MR) is 55.0 cm³/mol. The highest BCUT2D eigenvalue weighted by atomic mass is 16.5. The van der Waals surface area contributed by atoms with E-state index < -0.39 is 0 Å². The van der Waals surface area contributed by atoms with Crippen molar-refractivity contribution in [1.29, 1.82) is 0 Å². The third kappa shape index (κ3) is 1.87. The highest BCUT2D eigenvalue weighted by Crippen LogP contribution is 2.13. The molecule has 1 heterocycles. The predicted octanol–water partition coefficient (Wildman–Crippen LogP) is 1.86. The first kappa shape index (κ1) is 9.06. The smallest absolute Gasteiger partial charge is 0.216 e. The topological polar surface area (TPSA) is 30.8 Å². The van der Waals surface area contributed by atoms with Crippen LogP contribution in [0.25, 0.3) is 0 Å². The summed E-state index contributed by atoms with van der Waals surface area (Å²) in [6.45, 7) is 1.63. The number of hydrogen-bond donors (Lipinski definition) is 0. The van der Waals surface area contributed by atoms with Crippen molar-refractivity contribution in [1.82, 2.24) is 0 Å². The second-order valence-electron chi connectivity index (χ2n) is 3.12. The number of aliphatic imine (C=N–C) groups is 1. The molecule has 0 fully saturated rings.